The average molecular weight is 361 g/mol. The number of ether oxygens (including phenoxy) is 1. The van der Waals surface area contributed by atoms with Gasteiger partial charge in [0.05, 0.1) is 6.10 Å². The summed E-state index contributed by atoms with van der Waals surface area (Å²) in [5.41, 5.74) is 1.50. The van der Waals surface area contributed by atoms with E-state index in [4.69, 9.17) is 4.74 Å². The largest absolute Gasteiger partial charge is 0.461 e. The fourth-order valence-electron chi connectivity index (χ4n) is 3.03. The van der Waals surface area contributed by atoms with Crippen LogP contribution in [0.15, 0.2) is 72.8 Å². The molecule has 3 aromatic rings. The number of hydrogen-bond donors (Lipinski definition) is 1. The molecule has 0 saturated carbocycles. The maximum Gasteiger partial charge on any atom is 0.329 e. The third kappa shape index (κ3) is 4.73. The van der Waals surface area contributed by atoms with Gasteiger partial charge in [0.15, 0.2) is 0 Å². The van der Waals surface area contributed by atoms with E-state index in [1.165, 1.54) is 0 Å². The molecule has 0 radical (unpaired) electrons. The van der Waals surface area contributed by atoms with Gasteiger partial charge in [-0.1, -0.05) is 60.7 Å². The van der Waals surface area contributed by atoms with Gasteiger partial charge >= 0.3 is 5.97 Å². The molecule has 0 aromatic heterocycles. The summed E-state index contributed by atoms with van der Waals surface area (Å²) in [6.45, 7) is 3.60. The molecule has 27 heavy (non-hydrogen) atoms. The van der Waals surface area contributed by atoms with E-state index < -0.39 is 12.0 Å². The van der Waals surface area contributed by atoms with Crippen molar-refractivity contribution in [3.63, 3.8) is 0 Å². The molecule has 0 heterocycles. The Morgan fingerprint density at radius 1 is 0.889 bits per heavy atom. The number of fused-ring (bicyclic) bond motifs is 1. The summed E-state index contributed by atoms with van der Waals surface area (Å²) in [5, 5.41) is 5.00. The van der Waals surface area contributed by atoms with Crippen molar-refractivity contribution >= 4 is 22.6 Å². The van der Waals surface area contributed by atoms with E-state index >= 15 is 0 Å². The van der Waals surface area contributed by atoms with E-state index in [0.29, 0.717) is 12.0 Å². The van der Waals surface area contributed by atoms with Gasteiger partial charge in [-0.25, -0.2) is 4.79 Å². The zero-order valence-electron chi connectivity index (χ0n) is 15.5. The molecule has 3 rings (SSSR count). The quantitative estimate of drug-likeness (QED) is 0.672. The Morgan fingerprint density at radius 3 is 2.30 bits per heavy atom. The molecule has 0 fully saturated rings. The zero-order valence-corrected chi connectivity index (χ0v) is 15.5. The lowest BCUT2D eigenvalue weighted by Crippen LogP contribution is -2.44. The minimum Gasteiger partial charge on any atom is -0.461 e. The molecule has 0 aliphatic rings. The van der Waals surface area contributed by atoms with Crippen LogP contribution in [0.1, 0.15) is 29.8 Å². The topological polar surface area (TPSA) is 55.4 Å². The highest BCUT2D eigenvalue weighted by molar-refractivity contribution is 5.97. The normalized spacial score (nSPS) is 12.0. The maximum absolute atomic E-state index is 12.6. The van der Waals surface area contributed by atoms with Crippen molar-refractivity contribution < 1.29 is 14.3 Å². The highest BCUT2D eigenvalue weighted by atomic mass is 16.5. The molecule has 4 heteroatoms. The van der Waals surface area contributed by atoms with Crippen LogP contribution in [0.5, 0.6) is 0 Å². The van der Waals surface area contributed by atoms with Crippen LogP contribution >= 0.6 is 0 Å². The van der Waals surface area contributed by atoms with Crippen LogP contribution in [0.4, 0.5) is 0 Å². The summed E-state index contributed by atoms with van der Waals surface area (Å²) in [5.74, 6) is -0.719. The van der Waals surface area contributed by atoms with Crippen LogP contribution in [0, 0.1) is 0 Å². The molecule has 1 amide bonds. The van der Waals surface area contributed by atoms with Gasteiger partial charge in [0.1, 0.15) is 6.04 Å². The second kappa shape index (κ2) is 8.49. The molecule has 3 aromatic carbocycles. The Balaban J connectivity index is 1.87. The molecule has 1 N–H and O–H groups in total. The molecule has 0 bridgehead atoms. The maximum atomic E-state index is 12.6. The summed E-state index contributed by atoms with van der Waals surface area (Å²) in [7, 11) is 0. The summed E-state index contributed by atoms with van der Waals surface area (Å²) in [4.78, 5) is 25.2. The highest BCUT2D eigenvalue weighted by Gasteiger charge is 2.24. The minimum atomic E-state index is -0.758. The molecule has 0 saturated heterocycles. The first-order valence-electron chi connectivity index (χ1n) is 9.07. The Morgan fingerprint density at radius 2 is 1.56 bits per heavy atom. The molecule has 1 atom stereocenters. The summed E-state index contributed by atoms with van der Waals surface area (Å²) in [6.07, 6.45) is 0.118. The summed E-state index contributed by atoms with van der Waals surface area (Å²) >= 11 is 0. The van der Waals surface area contributed by atoms with Gasteiger partial charge in [0.25, 0.3) is 5.91 Å². The van der Waals surface area contributed by atoms with E-state index in [1.54, 1.807) is 38.1 Å². The van der Waals surface area contributed by atoms with Gasteiger partial charge in [-0.15, -0.1) is 0 Å². The standard InChI is InChI=1S/C23H23NO3/c1-16(2)27-23(26)21(24-22(25)18-10-4-3-5-11-18)15-19-13-8-12-17-9-6-7-14-20(17)19/h3-14,16,21H,15H2,1-2H3,(H,24,25)/t21-/m1/s1. The van der Waals surface area contributed by atoms with Crippen LogP contribution in [-0.4, -0.2) is 24.0 Å². The Kier molecular flexibility index (Phi) is 5.87. The predicted molar refractivity (Wildman–Crippen MR) is 107 cm³/mol. The van der Waals surface area contributed by atoms with Crippen molar-refractivity contribution in [2.75, 3.05) is 0 Å². The molecule has 0 unspecified atom stereocenters. The number of carbonyl (C=O) groups is 2. The molecular weight excluding hydrogens is 338 g/mol. The summed E-state index contributed by atoms with van der Waals surface area (Å²) < 4.78 is 5.38. The fraction of sp³-hybridized carbons (Fsp3) is 0.217. The Bertz CT molecular complexity index is 929. The zero-order chi connectivity index (χ0) is 19.2. The van der Waals surface area contributed by atoms with Crippen LogP contribution in [0.25, 0.3) is 10.8 Å². The van der Waals surface area contributed by atoms with Crippen molar-refractivity contribution in [1.29, 1.82) is 0 Å². The molecule has 0 aliphatic heterocycles. The highest BCUT2D eigenvalue weighted by Crippen LogP contribution is 2.20. The number of amides is 1. The van der Waals surface area contributed by atoms with E-state index in [1.807, 2.05) is 48.5 Å². The van der Waals surface area contributed by atoms with E-state index in [0.717, 1.165) is 16.3 Å². The van der Waals surface area contributed by atoms with Crippen molar-refractivity contribution in [3.8, 4) is 0 Å². The fourth-order valence-corrected chi connectivity index (χ4v) is 3.03. The monoisotopic (exact) mass is 361 g/mol. The number of nitrogens with one attached hydrogen (secondary N) is 1. The van der Waals surface area contributed by atoms with Gasteiger partial charge < -0.3 is 10.1 Å². The van der Waals surface area contributed by atoms with Crippen LogP contribution in [-0.2, 0) is 16.0 Å². The number of benzene rings is 3. The van der Waals surface area contributed by atoms with Crippen LogP contribution in [0.2, 0.25) is 0 Å². The van der Waals surface area contributed by atoms with E-state index in [-0.39, 0.29) is 12.0 Å². The second-order valence-corrected chi connectivity index (χ2v) is 6.72. The van der Waals surface area contributed by atoms with Gasteiger partial charge in [0.2, 0.25) is 0 Å². The first kappa shape index (κ1) is 18.6. The Labute approximate surface area is 159 Å². The Hall–Kier alpha value is -3.14. The molecule has 138 valence electrons. The van der Waals surface area contributed by atoms with E-state index in [9.17, 15) is 9.59 Å². The van der Waals surface area contributed by atoms with Gasteiger partial charge in [-0.05, 0) is 42.3 Å². The van der Waals surface area contributed by atoms with Crippen molar-refractivity contribution in [2.45, 2.75) is 32.4 Å². The SMILES string of the molecule is CC(C)OC(=O)[C@@H](Cc1cccc2ccccc12)NC(=O)c1ccccc1. The smallest absolute Gasteiger partial charge is 0.329 e. The van der Waals surface area contributed by atoms with Gasteiger partial charge in [0, 0.05) is 12.0 Å². The van der Waals surface area contributed by atoms with Crippen molar-refractivity contribution in [1.82, 2.24) is 5.32 Å². The minimum absolute atomic E-state index is 0.249. The van der Waals surface area contributed by atoms with E-state index in [2.05, 4.69) is 5.32 Å². The lowest BCUT2D eigenvalue weighted by Gasteiger charge is -2.20. The number of carbonyl (C=O) groups excluding carboxylic acids is 2. The number of rotatable bonds is 6. The third-order valence-electron chi connectivity index (χ3n) is 4.28. The van der Waals surface area contributed by atoms with Gasteiger partial charge in [-0.2, -0.15) is 0 Å². The molecule has 0 aliphatic carbocycles. The summed E-state index contributed by atoms with van der Waals surface area (Å²) in [6, 6.07) is 22.1. The first-order valence-corrected chi connectivity index (χ1v) is 9.07. The predicted octanol–water partition coefficient (Wildman–Crippen LogP) is 4.13. The first-order chi connectivity index (χ1) is 13.0. The molecular formula is C23H23NO3. The lowest BCUT2D eigenvalue weighted by molar-refractivity contribution is -0.149. The van der Waals surface area contributed by atoms with Crippen LogP contribution < -0.4 is 5.32 Å². The third-order valence-corrected chi connectivity index (χ3v) is 4.28. The van der Waals surface area contributed by atoms with Crippen molar-refractivity contribution in [3.05, 3.63) is 83.9 Å². The second-order valence-electron chi connectivity index (χ2n) is 6.72. The van der Waals surface area contributed by atoms with Crippen LogP contribution in [0.3, 0.4) is 0 Å². The number of esters is 1. The van der Waals surface area contributed by atoms with Crippen molar-refractivity contribution in [2.24, 2.45) is 0 Å². The van der Waals surface area contributed by atoms with Gasteiger partial charge in [-0.3, -0.25) is 4.79 Å². The average Bonchev–Trinajstić information content (AvgIpc) is 2.67. The molecule has 0 spiro atoms. The number of hydrogen-bond acceptors (Lipinski definition) is 3. The lowest BCUT2D eigenvalue weighted by atomic mass is 9.98. The molecule has 4 nitrogen and oxygen atoms in total.